The SMILES string of the molecule is Cc1ccnc2nc(C(=O)N(CCO)Cc3ccccc3)nn12. The van der Waals surface area contributed by atoms with Crippen LogP contribution in [-0.4, -0.2) is 48.6 Å². The molecule has 0 unspecified atom stereocenters. The van der Waals surface area contributed by atoms with Crippen molar-refractivity contribution in [2.45, 2.75) is 13.5 Å². The molecule has 2 heterocycles. The Balaban J connectivity index is 1.88. The van der Waals surface area contributed by atoms with Crippen molar-refractivity contribution in [3.05, 3.63) is 59.7 Å². The molecule has 0 saturated carbocycles. The van der Waals surface area contributed by atoms with Crippen LogP contribution in [0.2, 0.25) is 0 Å². The lowest BCUT2D eigenvalue weighted by Crippen LogP contribution is -2.33. The van der Waals surface area contributed by atoms with Crippen LogP contribution in [0.5, 0.6) is 0 Å². The number of carbonyl (C=O) groups excluding carboxylic acids is 1. The van der Waals surface area contributed by atoms with Gasteiger partial charge in [-0.3, -0.25) is 4.79 Å². The molecule has 0 aliphatic rings. The number of benzene rings is 1. The first-order valence-corrected chi connectivity index (χ1v) is 7.31. The van der Waals surface area contributed by atoms with E-state index in [-0.39, 0.29) is 24.9 Å². The van der Waals surface area contributed by atoms with Crippen LogP contribution < -0.4 is 0 Å². The third-order valence-electron chi connectivity index (χ3n) is 3.49. The van der Waals surface area contributed by atoms with Gasteiger partial charge in [0.25, 0.3) is 11.7 Å². The van der Waals surface area contributed by atoms with E-state index in [0.717, 1.165) is 11.3 Å². The van der Waals surface area contributed by atoms with Crippen molar-refractivity contribution in [2.24, 2.45) is 0 Å². The number of nitrogens with zero attached hydrogens (tertiary/aromatic N) is 5. The minimum absolute atomic E-state index is 0.0798. The van der Waals surface area contributed by atoms with Crippen molar-refractivity contribution in [3.63, 3.8) is 0 Å². The Hall–Kier alpha value is -2.80. The smallest absolute Gasteiger partial charge is 0.293 e. The maximum Gasteiger partial charge on any atom is 0.293 e. The molecule has 3 aromatic rings. The molecule has 1 amide bonds. The van der Waals surface area contributed by atoms with Crippen LogP contribution in [0.25, 0.3) is 5.78 Å². The number of aryl methyl sites for hydroxylation is 1. The molecule has 1 aromatic carbocycles. The second kappa shape index (κ2) is 6.53. The van der Waals surface area contributed by atoms with E-state index in [4.69, 9.17) is 0 Å². The van der Waals surface area contributed by atoms with Crippen molar-refractivity contribution >= 4 is 11.7 Å². The van der Waals surface area contributed by atoms with Crippen molar-refractivity contribution in [1.82, 2.24) is 24.5 Å². The summed E-state index contributed by atoms with van der Waals surface area (Å²) in [5, 5.41) is 13.5. The molecule has 0 atom stereocenters. The first kappa shape index (κ1) is 15.1. The van der Waals surface area contributed by atoms with Crippen molar-refractivity contribution in [1.29, 1.82) is 0 Å². The number of hydrogen-bond donors (Lipinski definition) is 1. The molecule has 0 aliphatic heterocycles. The summed E-state index contributed by atoms with van der Waals surface area (Å²) < 4.78 is 1.53. The Labute approximate surface area is 133 Å². The van der Waals surface area contributed by atoms with Crippen LogP contribution in [0, 0.1) is 6.92 Å². The van der Waals surface area contributed by atoms with Crippen LogP contribution in [0.3, 0.4) is 0 Å². The fourth-order valence-corrected chi connectivity index (χ4v) is 2.32. The van der Waals surface area contributed by atoms with Gasteiger partial charge in [-0.1, -0.05) is 30.3 Å². The molecular formula is C16H17N5O2. The van der Waals surface area contributed by atoms with Gasteiger partial charge >= 0.3 is 0 Å². The quantitative estimate of drug-likeness (QED) is 0.762. The highest BCUT2D eigenvalue weighted by Crippen LogP contribution is 2.09. The third-order valence-corrected chi connectivity index (χ3v) is 3.49. The monoisotopic (exact) mass is 311 g/mol. The Morgan fingerprint density at radius 1 is 1.26 bits per heavy atom. The molecule has 0 saturated heterocycles. The fourth-order valence-electron chi connectivity index (χ4n) is 2.32. The van der Waals surface area contributed by atoms with Crippen molar-refractivity contribution in [3.8, 4) is 0 Å². The highest BCUT2D eigenvalue weighted by atomic mass is 16.3. The maximum atomic E-state index is 12.7. The number of carbonyl (C=O) groups is 1. The zero-order valence-corrected chi connectivity index (χ0v) is 12.8. The number of aliphatic hydroxyl groups is 1. The van der Waals surface area contributed by atoms with Crippen LogP contribution >= 0.6 is 0 Å². The zero-order chi connectivity index (χ0) is 16.2. The summed E-state index contributed by atoms with van der Waals surface area (Å²) in [5.74, 6) is 0.140. The van der Waals surface area contributed by atoms with Gasteiger partial charge in [-0.2, -0.15) is 4.98 Å². The molecule has 0 spiro atoms. The molecule has 0 radical (unpaired) electrons. The summed E-state index contributed by atoms with van der Waals surface area (Å²) in [7, 11) is 0. The maximum absolute atomic E-state index is 12.7. The Morgan fingerprint density at radius 3 is 2.74 bits per heavy atom. The predicted molar refractivity (Wildman–Crippen MR) is 83.8 cm³/mol. The molecule has 7 nitrogen and oxygen atoms in total. The van der Waals surface area contributed by atoms with Gasteiger partial charge in [0, 0.05) is 25.0 Å². The highest BCUT2D eigenvalue weighted by Gasteiger charge is 2.21. The predicted octanol–water partition coefficient (Wildman–Crippen LogP) is 1.07. The second-order valence-corrected chi connectivity index (χ2v) is 5.17. The van der Waals surface area contributed by atoms with E-state index in [0.29, 0.717) is 12.3 Å². The molecule has 23 heavy (non-hydrogen) atoms. The summed E-state index contributed by atoms with van der Waals surface area (Å²) in [4.78, 5) is 22.5. The van der Waals surface area contributed by atoms with Crippen molar-refractivity contribution in [2.75, 3.05) is 13.2 Å². The lowest BCUT2D eigenvalue weighted by atomic mass is 10.2. The van der Waals surface area contributed by atoms with Crippen LogP contribution in [0.4, 0.5) is 0 Å². The molecule has 0 aliphatic carbocycles. The first-order chi connectivity index (χ1) is 11.2. The van der Waals surface area contributed by atoms with E-state index in [2.05, 4.69) is 15.1 Å². The molecule has 0 fully saturated rings. The van der Waals surface area contributed by atoms with Crippen LogP contribution in [0.1, 0.15) is 21.9 Å². The summed E-state index contributed by atoms with van der Waals surface area (Å²) in [6.45, 7) is 2.36. The zero-order valence-electron chi connectivity index (χ0n) is 12.8. The average molecular weight is 311 g/mol. The summed E-state index contributed by atoms with van der Waals surface area (Å²) >= 11 is 0. The molecule has 0 bridgehead atoms. The molecule has 1 N–H and O–H groups in total. The molecular weight excluding hydrogens is 294 g/mol. The molecule has 7 heteroatoms. The van der Waals surface area contributed by atoms with Gasteiger partial charge < -0.3 is 10.0 Å². The van der Waals surface area contributed by atoms with Crippen molar-refractivity contribution < 1.29 is 9.90 Å². The summed E-state index contributed by atoms with van der Waals surface area (Å²) in [6, 6.07) is 11.4. The summed E-state index contributed by atoms with van der Waals surface area (Å²) in [5.41, 5.74) is 1.82. The Morgan fingerprint density at radius 2 is 2.04 bits per heavy atom. The minimum atomic E-state index is -0.326. The van der Waals surface area contributed by atoms with E-state index < -0.39 is 0 Å². The highest BCUT2D eigenvalue weighted by molar-refractivity contribution is 5.90. The largest absolute Gasteiger partial charge is 0.395 e. The Bertz CT molecular complexity index is 816. The van der Waals surface area contributed by atoms with E-state index >= 15 is 0 Å². The number of rotatable bonds is 5. The number of fused-ring (bicyclic) bond motifs is 1. The van der Waals surface area contributed by atoms with E-state index in [1.807, 2.05) is 37.3 Å². The second-order valence-electron chi connectivity index (χ2n) is 5.17. The fraction of sp³-hybridized carbons (Fsp3) is 0.250. The van der Waals surface area contributed by atoms with Gasteiger partial charge in [0.05, 0.1) is 6.61 Å². The van der Waals surface area contributed by atoms with Crippen LogP contribution in [-0.2, 0) is 6.54 Å². The van der Waals surface area contributed by atoms with E-state index in [1.165, 1.54) is 9.42 Å². The minimum Gasteiger partial charge on any atom is -0.395 e. The molecule has 118 valence electrons. The number of aromatic nitrogens is 4. The van der Waals surface area contributed by atoms with Gasteiger partial charge in [-0.15, -0.1) is 5.10 Å². The molecule has 2 aromatic heterocycles. The van der Waals surface area contributed by atoms with Gasteiger partial charge in [0.15, 0.2) is 0 Å². The Kier molecular flexibility index (Phi) is 4.29. The van der Waals surface area contributed by atoms with E-state index in [9.17, 15) is 9.90 Å². The lowest BCUT2D eigenvalue weighted by Gasteiger charge is -2.20. The van der Waals surface area contributed by atoms with Gasteiger partial charge in [-0.25, -0.2) is 9.50 Å². The van der Waals surface area contributed by atoms with Gasteiger partial charge in [0.1, 0.15) is 0 Å². The normalized spacial score (nSPS) is 10.9. The average Bonchev–Trinajstić information content (AvgIpc) is 3.00. The third kappa shape index (κ3) is 3.19. The topological polar surface area (TPSA) is 83.6 Å². The number of amides is 1. The first-order valence-electron chi connectivity index (χ1n) is 7.31. The van der Waals surface area contributed by atoms with Crippen LogP contribution in [0.15, 0.2) is 42.6 Å². The van der Waals surface area contributed by atoms with E-state index in [1.54, 1.807) is 12.3 Å². The standard InChI is InChI=1S/C16H17N5O2/c1-12-7-8-17-16-18-14(19-21(12)16)15(23)20(9-10-22)11-13-5-3-2-4-6-13/h2-8,22H,9-11H2,1H3. The van der Waals surface area contributed by atoms with Gasteiger partial charge in [0.2, 0.25) is 5.82 Å². The lowest BCUT2D eigenvalue weighted by molar-refractivity contribution is 0.0696. The summed E-state index contributed by atoms with van der Waals surface area (Å²) in [6.07, 6.45) is 1.63. The van der Waals surface area contributed by atoms with Gasteiger partial charge in [-0.05, 0) is 18.6 Å². The molecule has 3 rings (SSSR count). The number of hydrogen-bond acceptors (Lipinski definition) is 5. The number of aliphatic hydroxyl groups excluding tert-OH is 1.